The maximum absolute atomic E-state index is 12.2. The van der Waals surface area contributed by atoms with Crippen molar-refractivity contribution < 1.29 is 4.79 Å². The molecule has 100 valence electrons. The Kier molecular flexibility index (Phi) is 4.23. The summed E-state index contributed by atoms with van der Waals surface area (Å²) in [5.74, 6) is 0.122. The van der Waals surface area contributed by atoms with Crippen LogP contribution < -0.4 is 10.6 Å². The highest BCUT2D eigenvalue weighted by molar-refractivity contribution is 5.89. The van der Waals surface area contributed by atoms with Crippen molar-refractivity contribution in [1.29, 1.82) is 0 Å². The monoisotopic (exact) mass is 248 g/mol. The summed E-state index contributed by atoms with van der Waals surface area (Å²) in [6, 6.07) is 0.281. The molecule has 0 aromatic carbocycles. The van der Waals surface area contributed by atoms with Crippen LogP contribution in [-0.2, 0) is 4.79 Å². The molecule has 0 bridgehead atoms. The van der Waals surface area contributed by atoms with Crippen LogP contribution in [0.1, 0.15) is 52.4 Å². The number of unbranched alkanes of at least 4 members (excludes halogenated alkanes) is 3. The Morgan fingerprint density at radius 1 is 1.39 bits per heavy atom. The molecule has 0 radical (unpaired) electrons. The molecule has 1 heterocycles. The SMILES string of the molecule is CCCCCCC1(C)NC2CC=CC=C2NC1=O. The van der Waals surface area contributed by atoms with Crippen LogP contribution in [0.15, 0.2) is 23.9 Å². The number of hydrogen-bond donors (Lipinski definition) is 2. The van der Waals surface area contributed by atoms with Crippen molar-refractivity contribution in [2.75, 3.05) is 0 Å². The molecular weight excluding hydrogens is 224 g/mol. The summed E-state index contributed by atoms with van der Waals surface area (Å²) in [6.07, 6.45) is 12.9. The summed E-state index contributed by atoms with van der Waals surface area (Å²) in [5.41, 5.74) is 0.620. The van der Waals surface area contributed by atoms with Gasteiger partial charge in [-0.05, 0) is 25.8 Å². The average Bonchev–Trinajstić information content (AvgIpc) is 2.36. The standard InChI is InChI=1S/C15H24N2O/c1-3-4-5-8-11-15(2)14(18)16-12-9-6-7-10-13(12)17-15/h6-7,9,13,17H,3-5,8,10-11H2,1-2H3,(H,16,18). The van der Waals surface area contributed by atoms with Crippen LogP contribution in [0.2, 0.25) is 0 Å². The number of amides is 1. The molecule has 2 rings (SSSR count). The normalized spacial score (nSPS) is 30.7. The van der Waals surface area contributed by atoms with Gasteiger partial charge < -0.3 is 5.32 Å². The molecule has 0 aromatic rings. The van der Waals surface area contributed by atoms with Crippen LogP contribution in [0, 0.1) is 0 Å². The number of carbonyl (C=O) groups is 1. The van der Waals surface area contributed by atoms with Gasteiger partial charge in [-0.15, -0.1) is 0 Å². The smallest absolute Gasteiger partial charge is 0.244 e. The Hall–Kier alpha value is -1.09. The zero-order valence-corrected chi connectivity index (χ0v) is 11.5. The Bertz CT molecular complexity index is 373. The Morgan fingerprint density at radius 2 is 2.22 bits per heavy atom. The zero-order chi connectivity index (χ0) is 13.0. The van der Waals surface area contributed by atoms with Crippen molar-refractivity contribution in [2.24, 2.45) is 0 Å². The van der Waals surface area contributed by atoms with E-state index in [1.54, 1.807) is 0 Å². The summed E-state index contributed by atoms with van der Waals surface area (Å²) in [4.78, 5) is 12.2. The number of allylic oxidation sites excluding steroid dienone is 2. The molecule has 0 saturated carbocycles. The second-order valence-electron chi connectivity index (χ2n) is 5.58. The Morgan fingerprint density at radius 3 is 3.00 bits per heavy atom. The van der Waals surface area contributed by atoms with Gasteiger partial charge in [0.1, 0.15) is 0 Å². The number of nitrogens with one attached hydrogen (secondary N) is 2. The Balaban J connectivity index is 1.94. The number of rotatable bonds is 5. The third kappa shape index (κ3) is 2.83. The van der Waals surface area contributed by atoms with Gasteiger partial charge in [-0.3, -0.25) is 10.1 Å². The minimum atomic E-state index is -0.402. The van der Waals surface area contributed by atoms with E-state index in [2.05, 4.69) is 23.6 Å². The number of hydrogen-bond acceptors (Lipinski definition) is 2. The maximum Gasteiger partial charge on any atom is 0.244 e. The molecule has 2 N–H and O–H groups in total. The summed E-state index contributed by atoms with van der Waals surface area (Å²) in [6.45, 7) is 4.24. The average molecular weight is 248 g/mol. The van der Waals surface area contributed by atoms with Gasteiger partial charge in [0.05, 0.1) is 11.6 Å². The van der Waals surface area contributed by atoms with Gasteiger partial charge in [0.15, 0.2) is 0 Å². The van der Waals surface area contributed by atoms with E-state index in [-0.39, 0.29) is 11.9 Å². The van der Waals surface area contributed by atoms with Gasteiger partial charge in [0, 0.05) is 5.70 Å². The van der Waals surface area contributed by atoms with Crippen molar-refractivity contribution in [3.8, 4) is 0 Å². The highest BCUT2D eigenvalue weighted by Gasteiger charge is 2.40. The zero-order valence-electron chi connectivity index (χ0n) is 11.5. The molecule has 1 amide bonds. The lowest BCUT2D eigenvalue weighted by Crippen LogP contribution is -2.64. The van der Waals surface area contributed by atoms with E-state index in [0.717, 1.165) is 25.0 Å². The minimum Gasteiger partial charge on any atom is -0.327 e. The first-order valence-corrected chi connectivity index (χ1v) is 7.11. The topological polar surface area (TPSA) is 41.1 Å². The van der Waals surface area contributed by atoms with Crippen LogP contribution >= 0.6 is 0 Å². The first-order chi connectivity index (χ1) is 8.65. The van der Waals surface area contributed by atoms with E-state index in [1.807, 2.05) is 19.1 Å². The van der Waals surface area contributed by atoms with E-state index >= 15 is 0 Å². The lowest BCUT2D eigenvalue weighted by Gasteiger charge is -2.41. The molecule has 1 fully saturated rings. The maximum atomic E-state index is 12.2. The predicted octanol–water partition coefficient (Wildman–Crippen LogP) is 2.65. The molecule has 0 aromatic heterocycles. The van der Waals surface area contributed by atoms with Gasteiger partial charge in [-0.25, -0.2) is 0 Å². The molecule has 2 unspecified atom stereocenters. The lowest BCUT2D eigenvalue weighted by atomic mass is 9.87. The molecule has 1 aliphatic carbocycles. The van der Waals surface area contributed by atoms with E-state index in [0.29, 0.717) is 0 Å². The van der Waals surface area contributed by atoms with Gasteiger partial charge in [-0.2, -0.15) is 0 Å². The first kappa shape index (κ1) is 13.3. The highest BCUT2D eigenvalue weighted by Crippen LogP contribution is 2.25. The molecule has 0 spiro atoms. The molecule has 2 aliphatic rings. The quantitative estimate of drug-likeness (QED) is 0.734. The second kappa shape index (κ2) is 5.70. The minimum absolute atomic E-state index is 0.122. The molecule has 3 heteroatoms. The largest absolute Gasteiger partial charge is 0.327 e. The van der Waals surface area contributed by atoms with Crippen LogP contribution in [-0.4, -0.2) is 17.5 Å². The van der Waals surface area contributed by atoms with Gasteiger partial charge in [-0.1, -0.05) is 44.8 Å². The van der Waals surface area contributed by atoms with E-state index < -0.39 is 5.54 Å². The fourth-order valence-corrected chi connectivity index (χ4v) is 2.71. The highest BCUT2D eigenvalue weighted by atomic mass is 16.2. The molecule has 1 aliphatic heterocycles. The fraction of sp³-hybridized carbons (Fsp3) is 0.667. The predicted molar refractivity (Wildman–Crippen MR) is 74.1 cm³/mol. The number of carbonyl (C=O) groups excluding carboxylic acids is 1. The summed E-state index contributed by atoms with van der Waals surface area (Å²) in [5, 5.41) is 6.59. The molecule has 3 nitrogen and oxygen atoms in total. The third-order valence-corrected chi connectivity index (χ3v) is 3.94. The van der Waals surface area contributed by atoms with Gasteiger partial charge in [0.2, 0.25) is 5.91 Å². The van der Waals surface area contributed by atoms with Crippen LogP contribution in [0.5, 0.6) is 0 Å². The van der Waals surface area contributed by atoms with Crippen LogP contribution in [0.3, 0.4) is 0 Å². The van der Waals surface area contributed by atoms with Crippen molar-refractivity contribution in [1.82, 2.24) is 10.6 Å². The summed E-state index contributed by atoms with van der Waals surface area (Å²) in [7, 11) is 0. The van der Waals surface area contributed by atoms with Gasteiger partial charge in [0.25, 0.3) is 0 Å². The van der Waals surface area contributed by atoms with Crippen molar-refractivity contribution >= 4 is 5.91 Å². The van der Waals surface area contributed by atoms with Crippen molar-refractivity contribution in [2.45, 2.75) is 64.0 Å². The summed E-state index contributed by atoms with van der Waals surface area (Å²) < 4.78 is 0. The fourth-order valence-electron chi connectivity index (χ4n) is 2.71. The Labute approximate surface area is 110 Å². The van der Waals surface area contributed by atoms with Crippen LogP contribution in [0.25, 0.3) is 0 Å². The molecule has 18 heavy (non-hydrogen) atoms. The van der Waals surface area contributed by atoms with Gasteiger partial charge >= 0.3 is 0 Å². The van der Waals surface area contributed by atoms with E-state index in [1.165, 1.54) is 19.3 Å². The first-order valence-electron chi connectivity index (χ1n) is 7.11. The summed E-state index contributed by atoms with van der Waals surface area (Å²) >= 11 is 0. The number of piperazine rings is 1. The van der Waals surface area contributed by atoms with Crippen molar-refractivity contribution in [3.05, 3.63) is 23.9 Å². The number of fused-ring (bicyclic) bond motifs is 1. The van der Waals surface area contributed by atoms with Crippen LogP contribution in [0.4, 0.5) is 0 Å². The second-order valence-corrected chi connectivity index (χ2v) is 5.58. The molecule has 1 saturated heterocycles. The lowest BCUT2D eigenvalue weighted by molar-refractivity contribution is -0.128. The van der Waals surface area contributed by atoms with E-state index in [9.17, 15) is 4.79 Å². The molecule has 2 atom stereocenters. The third-order valence-electron chi connectivity index (χ3n) is 3.94. The van der Waals surface area contributed by atoms with E-state index in [4.69, 9.17) is 0 Å². The molecular formula is C15H24N2O. The van der Waals surface area contributed by atoms with Crippen molar-refractivity contribution in [3.63, 3.8) is 0 Å².